The Kier molecular flexibility index (Phi) is 8.32. The number of hydrogen-bond donors (Lipinski definition) is 3. The third-order valence-electron chi connectivity index (χ3n) is 4.01. The molecule has 8 nitrogen and oxygen atoms in total. The number of aliphatic hydroxyl groups excluding tert-OH is 2. The number of carbonyl (C=O) groups excluding carboxylic acids is 3. The van der Waals surface area contributed by atoms with E-state index in [0.29, 0.717) is 5.56 Å². The zero-order chi connectivity index (χ0) is 21.2. The fourth-order valence-corrected chi connectivity index (χ4v) is 2.44. The summed E-state index contributed by atoms with van der Waals surface area (Å²) in [6.07, 6.45) is -3.34. The lowest BCUT2D eigenvalue weighted by Crippen LogP contribution is -2.35. The molecule has 154 valence electrons. The van der Waals surface area contributed by atoms with Crippen LogP contribution in [-0.2, 0) is 20.9 Å². The molecule has 2 aromatic carbocycles. The van der Waals surface area contributed by atoms with Gasteiger partial charge in [0.15, 0.2) is 0 Å². The molecule has 2 unspecified atom stereocenters. The van der Waals surface area contributed by atoms with E-state index in [9.17, 15) is 24.6 Å². The van der Waals surface area contributed by atoms with Gasteiger partial charge in [0.2, 0.25) is 0 Å². The number of aliphatic hydroxyl groups is 2. The van der Waals surface area contributed by atoms with Gasteiger partial charge in [-0.25, -0.2) is 9.59 Å². The summed E-state index contributed by atoms with van der Waals surface area (Å²) < 4.78 is 9.67. The van der Waals surface area contributed by atoms with Gasteiger partial charge < -0.3 is 25.0 Å². The Hall–Kier alpha value is -3.23. The van der Waals surface area contributed by atoms with E-state index in [-0.39, 0.29) is 25.3 Å². The summed E-state index contributed by atoms with van der Waals surface area (Å²) in [5.74, 6) is -1.75. The Morgan fingerprint density at radius 2 is 1.62 bits per heavy atom. The lowest BCUT2D eigenvalue weighted by atomic mass is 10.0. The van der Waals surface area contributed by atoms with Crippen LogP contribution < -0.4 is 5.32 Å². The molecule has 0 aliphatic heterocycles. The number of hydrogen-bond acceptors (Lipinski definition) is 7. The highest BCUT2D eigenvalue weighted by molar-refractivity contribution is 6.40. The van der Waals surface area contributed by atoms with Gasteiger partial charge in [-0.2, -0.15) is 0 Å². The van der Waals surface area contributed by atoms with Crippen molar-refractivity contribution in [2.75, 3.05) is 13.2 Å². The molecular formula is C21H23NO7. The maximum atomic E-state index is 11.8. The quantitative estimate of drug-likeness (QED) is 0.332. The van der Waals surface area contributed by atoms with Gasteiger partial charge in [-0.1, -0.05) is 54.6 Å². The van der Waals surface area contributed by atoms with Gasteiger partial charge in [-0.3, -0.25) is 4.79 Å². The fraction of sp³-hybridized carbons (Fsp3) is 0.286. The average molecular weight is 401 g/mol. The van der Waals surface area contributed by atoms with Gasteiger partial charge in [0, 0.05) is 12.1 Å². The van der Waals surface area contributed by atoms with Gasteiger partial charge in [-0.05, 0) is 18.1 Å². The van der Waals surface area contributed by atoms with Crippen LogP contribution in [0.2, 0.25) is 0 Å². The molecule has 0 spiro atoms. The maximum Gasteiger partial charge on any atom is 0.407 e. The largest absolute Gasteiger partial charge is 0.460 e. The summed E-state index contributed by atoms with van der Waals surface area (Å²) in [5, 5.41) is 22.7. The van der Waals surface area contributed by atoms with Crippen LogP contribution in [0.25, 0.3) is 0 Å². The Morgan fingerprint density at radius 3 is 2.24 bits per heavy atom. The van der Waals surface area contributed by atoms with Crippen molar-refractivity contribution in [1.29, 1.82) is 0 Å². The first-order chi connectivity index (χ1) is 13.9. The first kappa shape index (κ1) is 22.1. The van der Waals surface area contributed by atoms with Gasteiger partial charge in [0.1, 0.15) is 18.8 Å². The fourth-order valence-electron chi connectivity index (χ4n) is 2.44. The Balaban J connectivity index is 1.83. The minimum atomic E-state index is -1.31. The zero-order valence-electron chi connectivity index (χ0n) is 15.9. The van der Waals surface area contributed by atoms with Gasteiger partial charge in [0.05, 0.1) is 6.61 Å². The third-order valence-corrected chi connectivity index (χ3v) is 4.01. The molecule has 2 rings (SSSR count). The van der Waals surface area contributed by atoms with Crippen molar-refractivity contribution in [1.82, 2.24) is 5.32 Å². The van der Waals surface area contributed by atoms with Crippen molar-refractivity contribution < 1.29 is 34.1 Å². The predicted molar refractivity (Wildman–Crippen MR) is 103 cm³/mol. The van der Waals surface area contributed by atoms with E-state index < -0.39 is 30.1 Å². The summed E-state index contributed by atoms with van der Waals surface area (Å²) in [7, 11) is 0. The topological polar surface area (TPSA) is 122 Å². The molecule has 0 aliphatic rings. The average Bonchev–Trinajstić information content (AvgIpc) is 2.76. The highest BCUT2D eigenvalue weighted by Gasteiger charge is 2.21. The van der Waals surface area contributed by atoms with Crippen LogP contribution in [0.5, 0.6) is 0 Å². The summed E-state index contributed by atoms with van der Waals surface area (Å²) in [6, 6.07) is 14.6. The molecule has 0 heterocycles. The molecule has 0 fully saturated rings. The van der Waals surface area contributed by atoms with Gasteiger partial charge >= 0.3 is 12.1 Å². The lowest BCUT2D eigenvalue weighted by molar-refractivity contribution is -0.137. The van der Waals surface area contributed by atoms with Crippen molar-refractivity contribution in [3.8, 4) is 0 Å². The third kappa shape index (κ3) is 6.70. The number of alkyl carbamates (subject to hydrolysis) is 1. The number of esters is 1. The summed E-state index contributed by atoms with van der Waals surface area (Å²) in [4.78, 5) is 35.0. The van der Waals surface area contributed by atoms with Crippen molar-refractivity contribution >= 4 is 17.8 Å². The van der Waals surface area contributed by atoms with E-state index >= 15 is 0 Å². The van der Waals surface area contributed by atoms with Crippen LogP contribution in [-0.4, -0.2) is 47.3 Å². The zero-order valence-corrected chi connectivity index (χ0v) is 15.9. The van der Waals surface area contributed by atoms with Crippen LogP contribution in [0.4, 0.5) is 4.79 Å². The molecule has 0 radical (unpaired) electrons. The van der Waals surface area contributed by atoms with E-state index in [0.717, 1.165) is 5.56 Å². The molecule has 0 aliphatic carbocycles. The summed E-state index contributed by atoms with van der Waals surface area (Å²) >= 11 is 0. The molecule has 8 heteroatoms. The Bertz CT molecular complexity index is 821. The van der Waals surface area contributed by atoms with Crippen molar-refractivity contribution in [2.24, 2.45) is 0 Å². The highest BCUT2D eigenvalue weighted by atomic mass is 16.5. The minimum Gasteiger partial charge on any atom is -0.460 e. The highest BCUT2D eigenvalue weighted by Crippen LogP contribution is 2.18. The first-order valence-electron chi connectivity index (χ1n) is 9.04. The van der Waals surface area contributed by atoms with Crippen molar-refractivity contribution in [2.45, 2.75) is 25.7 Å². The minimum absolute atomic E-state index is 0.0846. The van der Waals surface area contributed by atoms with Crippen molar-refractivity contribution in [3.63, 3.8) is 0 Å². The number of Topliss-reactive ketones (excluding diaryl/α,β-unsaturated/α-hetero) is 1. The number of amides is 1. The van der Waals surface area contributed by atoms with Crippen LogP contribution >= 0.6 is 0 Å². The van der Waals surface area contributed by atoms with Crippen LogP contribution in [0.1, 0.15) is 34.5 Å². The standard InChI is InChI=1S/C21H23NO7/c1-2-28-20(26)19(25)16-10-8-15(9-11-16)18(24)17(23)12-22-21(27)29-13-14-6-4-3-5-7-14/h3-11,17-18,23-24H,2,12-13H2,1H3,(H,22,27). The van der Waals surface area contributed by atoms with Gasteiger partial charge in [-0.15, -0.1) is 0 Å². The monoisotopic (exact) mass is 401 g/mol. The van der Waals surface area contributed by atoms with E-state index in [2.05, 4.69) is 10.1 Å². The maximum absolute atomic E-state index is 11.8. The summed E-state index contributed by atoms with van der Waals surface area (Å²) in [5.41, 5.74) is 1.24. The second-order valence-corrected chi connectivity index (χ2v) is 6.13. The molecule has 0 saturated heterocycles. The van der Waals surface area contributed by atoms with Crippen LogP contribution in [0, 0.1) is 0 Å². The molecule has 0 bridgehead atoms. The smallest absolute Gasteiger partial charge is 0.407 e. The second kappa shape index (κ2) is 10.9. The number of carbonyl (C=O) groups is 3. The number of nitrogens with one attached hydrogen (secondary N) is 1. The molecule has 0 aromatic heterocycles. The molecular weight excluding hydrogens is 378 g/mol. The summed E-state index contributed by atoms with van der Waals surface area (Å²) in [6.45, 7) is 1.53. The molecule has 29 heavy (non-hydrogen) atoms. The molecule has 0 saturated carbocycles. The number of ketones is 1. The van der Waals surface area contributed by atoms with Gasteiger partial charge in [0.25, 0.3) is 5.78 Å². The molecule has 2 atom stereocenters. The predicted octanol–water partition coefficient (Wildman–Crippen LogP) is 1.75. The van der Waals surface area contributed by atoms with Crippen LogP contribution in [0.15, 0.2) is 54.6 Å². The van der Waals surface area contributed by atoms with Crippen LogP contribution in [0.3, 0.4) is 0 Å². The van der Waals surface area contributed by atoms with E-state index in [1.54, 1.807) is 6.92 Å². The molecule has 2 aromatic rings. The van der Waals surface area contributed by atoms with E-state index in [4.69, 9.17) is 4.74 Å². The van der Waals surface area contributed by atoms with E-state index in [1.165, 1.54) is 24.3 Å². The lowest BCUT2D eigenvalue weighted by Gasteiger charge is -2.19. The second-order valence-electron chi connectivity index (χ2n) is 6.13. The molecule has 1 amide bonds. The number of ether oxygens (including phenoxy) is 2. The Labute approximate surface area is 168 Å². The number of rotatable bonds is 9. The SMILES string of the molecule is CCOC(=O)C(=O)c1ccc(C(O)C(O)CNC(=O)OCc2ccccc2)cc1. The molecule has 3 N–H and O–H groups in total. The van der Waals surface area contributed by atoms with E-state index in [1.807, 2.05) is 30.3 Å². The normalized spacial score (nSPS) is 12.5. The van der Waals surface area contributed by atoms with Crippen molar-refractivity contribution in [3.05, 3.63) is 71.3 Å². The number of benzene rings is 2. The Morgan fingerprint density at radius 1 is 0.966 bits per heavy atom. The first-order valence-corrected chi connectivity index (χ1v) is 9.04.